The minimum atomic E-state index is 0.0537. The summed E-state index contributed by atoms with van der Waals surface area (Å²) in [6.07, 6.45) is 2.93. The number of fused-ring (bicyclic) bond motifs is 1. The van der Waals surface area contributed by atoms with Gasteiger partial charge in [0, 0.05) is 31.6 Å². The van der Waals surface area contributed by atoms with Gasteiger partial charge in [0.1, 0.15) is 5.76 Å². The summed E-state index contributed by atoms with van der Waals surface area (Å²) in [6, 6.07) is 4.13. The Morgan fingerprint density at radius 2 is 2.33 bits per heavy atom. The van der Waals surface area contributed by atoms with Crippen LogP contribution in [0.2, 0.25) is 0 Å². The molecule has 0 spiro atoms. The van der Waals surface area contributed by atoms with Crippen LogP contribution >= 0.6 is 0 Å². The molecule has 6 nitrogen and oxygen atoms in total. The predicted octanol–water partition coefficient (Wildman–Crippen LogP) is 2.17. The highest BCUT2D eigenvalue weighted by atomic mass is 16.5. The van der Waals surface area contributed by atoms with Crippen LogP contribution in [-0.4, -0.2) is 61.3 Å². The molecule has 3 rings (SSSR count). The number of likely N-dealkylation sites (N-methyl/N-ethyl adjacent to an activating group) is 1. The highest BCUT2D eigenvalue weighted by molar-refractivity contribution is 5.74. The van der Waals surface area contributed by atoms with Crippen LogP contribution in [0.3, 0.4) is 0 Å². The third kappa shape index (κ3) is 4.11. The van der Waals surface area contributed by atoms with Crippen molar-refractivity contribution in [3.05, 3.63) is 24.2 Å². The number of carbonyl (C=O) groups is 1. The number of furan rings is 1. The van der Waals surface area contributed by atoms with Crippen molar-refractivity contribution in [3.63, 3.8) is 0 Å². The molecule has 2 amide bonds. The molecular weight excluding hydrogens is 306 g/mol. The van der Waals surface area contributed by atoms with Gasteiger partial charge in [-0.1, -0.05) is 0 Å². The molecule has 1 aromatic rings. The maximum Gasteiger partial charge on any atom is 0.317 e. The van der Waals surface area contributed by atoms with Gasteiger partial charge in [-0.2, -0.15) is 0 Å². The third-order valence-electron chi connectivity index (χ3n) is 5.01. The number of hydrogen-bond donors (Lipinski definition) is 1. The Morgan fingerprint density at radius 3 is 3.04 bits per heavy atom. The van der Waals surface area contributed by atoms with E-state index in [0.29, 0.717) is 11.8 Å². The van der Waals surface area contributed by atoms with Crippen molar-refractivity contribution in [2.45, 2.75) is 39.0 Å². The second kappa shape index (κ2) is 7.57. The van der Waals surface area contributed by atoms with Gasteiger partial charge in [0.2, 0.25) is 0 Å². The summed E-state index contributed by atoms with van der Waals surface area (Å²) in [7, 11) is 2.09. The zero-order chi connectivity index (χ0) is 17.1. The molecule has 0 aliphatic carbocycles. The first-order chi connectivity index (χ1) is 11.5. The second-order valence-electron chi connectivity index (χ2n) is 7.41. The zero-order valence-electron chi connectivity index (χ0n) is 14.9. The quantitative estimate of drug-likeness (QED) is 0.896. The molecule has 0 unspecified atom stereocenters. The fourth-order valence-electron chi connectivity index (χ4n) is 3.78. The van der Waals surface area contributed by atoms with E-state index < -0.39 is 0 Å². The molecule has 2 aliphatic rings. The second-order valence-corrected chi connectivity index (χ2v) is 7.41. The van der Waals surface area contributed by atoms with E-state index in [1.165, 1.54) is 0 Å². The molecule has 0 aromatic carbocycles. The van der Waals surface area contributed by atoms with Crippen molar-refractivity contribution in [3.8, 4) is 0 Å². The van der Waals surface area contributed by atoms with E-state index in [4.69, 9.17) is 9.15 Å². The highest BCUT2D eigenvalue weighted by Crippen LogP contribution is 2.34. The largest absolute Gasteiger partial charge is 0.468 e. The first-order valence-electron chi connectivity index (χ1n) is 8.91. The lowest BCUT2D eigenvalue weighted by atomic mass is 9.84. The number of amides is 2. The van der Waals surface area contributed by atoms with Crippen LogP contribution in [0, 0.1) is 11.8 Å². The van der Waals surface area contributed by atoms with E-state index in [1.807, 2.05) is 30.9 Å². The normalized spacial score (nSPS) is 26.9. The SMILES string of the molecule is CC(C)NC(=O)N1CC[C@@H]2CO[C@@H](CN(C)Cc3ccco3)[C@@H]2C1. The highest BCUT2D eigenvalue weighted by Gasteiger charge is 2.42. The van der Waals surface area contributed by atoms with Gasteiger partial charge in [-0.25, -0.2) is 4.79 Å². The molecule has 134 valence electrons. The zero-order valence-corrected chi connectivity index (χ0v) is 14.9. The van der Waals surface area contributed by atoms with Gasteiger partial charge in [-0.3, -0.25) is 4.90 Å². The van der Waals surface area contributed by atoms with E-state index in [1.54, 1.807) is 6.26 Å². The molecular formula is C18H29N3O3. The molecule has 1 N–H and O–H groups in total. The number of hydrogen-bond acceptors (Lipinski definition) is 4. The minimum Gasteiger partial charge on any atom is -0.468 e. The minimum absolute atomic E-state index is 0.0537. The number of nitrogens with one attached hydrogen (secondary N) is 1. The van der Waals surface area contributed by atoms with Crippen LogP contribution in [0.4, 0.5) is 4.79 Å². The van der Waals surface area contributed by atoms with Gasteiger partial charge in [0.15, 0.2) is 0 Å². The van der Waals surface area contributed by atoms with Crippen molar-refractivity contribution in [2.24, 2.45) is 11.8 Å². The summed E-state index contributed by atoms with van der Waals surface area (Å²) in [5.74, 6) is 1.97. The Bertz CT molecular complexity index is 532. The monoisotopic (exact) mass is 335 g/mol. The van der Waals surface area contributed by atoms with E-state index in [0.717, 1.165) is 45.0 Å². The Labute approximate surface area is 144 Å². The molecule has 2 fully saturated rings. The van der Waals surface area contributed by atoms with Crippen molar-refractivity contribution in [2.75, 3.05) is 33.3 Å². The molecule has 0 saturated carbocycles. The van der Waals surface area contributed by atoms with Gasteiger partial charge < -0.3 is 19.4 Å². The number of carbonyl (C=O) groups excluding carboxylic acids is 1. The fraction of sp³-hybridized carbons (Fsp3) is 0.722. The first-order valence-corrected chi connectivity index (χ1v) is 8.91. The van der Waals surface area contributed by atoms with Crippen molar-refractivity contribution < 1.29 is 13.9 Å². The summed E-state index contributed by atoms with van der Waals surface area (Å²) in [5, 5.41) is 3.00. The molecule has 2 aliphatic heterocycles. The first kappa shape index (κ1) is 17.3. The lowest BCUT2D eigenvalue weighted by molar-refractivity contribution is 0.0510. The predicted molar refractivity (Wildman–Crippen MR) is 91.6 cm³/mol. The summed E-state index contributed by atoms with van der Waals surface area (Å²) in [5.41, 5.74) is 0. The van der Waals surface area contributed by atoms with E-state index in [2.05, 4.69) is 17.3 Å². The topological polar surface area (TPSA) is 58.0 Å². The average molecular weight is 335 g/mol. The van der Waals surface area contributed by atoms with E-state index in [9.17, 15) is 4.79 Å². The van der Waals surface area contributed by atoms with Gasteiger partial charge >= 0.3 is 6.03 Å². The Kier molecular flexibility index (Phi) is 5.46. The average Bonchev–Trinajstić information content (AvgIpc) is 3.16. The lowest BCUT2D eigenvalue weighted by Gasteiger charge is -2.37. The van der Waals surface area contributed by atoms with Crippen LogP contribution in [-0.2, 0) is 11.3 Å². The summed E-state index contributed by atoms with van der Waals surface area (Å²) in [4.78, 5) is 16.5. The Hall–Kier alpha value is -1.53. The fourth-order valence-corrected chi connectivity index (χ4v) is 3.78. The van der Waals surface area contributed by atoms with Crippen molar-refractivity contribution in [1.82, 2.24) is 15.1 Å². The number of piperidine rings is 1. The van der Waals surface area contributed by atoms with Crippen molar-refractivity contribution in [1.29, 1.82) is 0 Å². The van der Waals surface area contributed by atoms with Crippen LogP contribution in [0.1, 0.15) is 26.0 Å². The molecule has 3 atom stereocenters. The number of urea groups is 1. The standard InChI is InChI=1S/C18H29N3O3/c1-13(2)19-18(22)21-7-6-14-12-24-17(16(14)10-21)11-20(3)9-15-5-4-8-23-15/h4-5,8,13-14,16-17H,6-7,9-12H2,1-3H3,(H,19,22)/t14-,16-,17+/m1/s1. The van der Waals surface area contributed by atoms with Gasteiger partial charge in [0.25, 0.3) is 0 Å². The number of nitrogens with zero attached hydrogens (tertiary/aromatic N) is 2. The Morgan fingerprint density at radius 1 is 1.50 bits per heavy atom. The maximum absolute atomic E-state index is 12.3. The number of rotatable bonds is 5. The third-order valence-corrected chi connectivity index (χ3v) is 5.01. The van der Waals surface area contributed by atoms with Crippen LogP contribution in [0.5, 0.6) is 0 Å². The number of ether oxygens (including phenoxy) is 1. The molecule has 3 heterocycles. The molecule has 24 heavy (non-hydrogen) atoms. The molecule has 0 bridgehead atoms. The molecule has 6 heteroatoms. The molecule has 2 saturated heterocycles. The maximum atomic E-state index is 12.3. The van der Waals surface area contributed by atoms with Gasteiger partial charge in [-0.15, -0.1) is 0 Å². The van der Waals surface area contributed by atoms with Crippen molar-refractivity contribution >= 4 is 6.03 Å². The van der Waals surface area contributed by atoms with Gasteiger partial charge in [-0.05, 0) is 45.4 Å². The van der Waals surface area contributed by atoms with Crippen LogP contribution in [0.15, 0.2) is 22.8 Å². The van der Waals surface area contributed by atoms with Gasteiger partial charge in [0.05, 0.1) is 25.5 Å². The lowest BCUT2D eigenvalue weighted by Crippen LogP contribution is -2.51. The molecule has 0 radical (unpaired) electrons. The Balaban J connectivity index is 1.54. The smallest absolute Gasteiger partial charge is 0.317 e. The van der Waals surface area contributed by atoms with Crippen LogP contribution < -0.4 is 5.32 Å². The number of likely N-dealkylation sites (tertiary alicyclic amines) is 1. The van der Waals surface area contributed by atoms with E-state index in [-0.39, 0.29) is 18.2 Å². The summed E-state index contributed by atoms with van der Waals surface area (Å²) in [6.45, 7) is 8.08. The molecule has 1 aromatic heterocycles. The van der Waals surface area contributed by atoms with E-state index >= 15 is 0 Å². The summed E-state index contributed by atoms with van der Waals surface area (Å²) >= 11 is 0. The van der Waals surface area contributed by atoms with Crippen LogP contribution in [0.25, 0.3) is 0 Å². The summed E-state index contributed by atoms with van der Waals surface area (Å²) < 4.78 is 11.5.